The minimum Gasteiger partial charge on any atom is -0.481 e. The van der Waals surface area contributed by atoms with E-state index in [0.29, 0.717) is 17.1 Å². The van der Waals surface area contributed by atoms with Crippen molar-refractivity contribution in [1.29, 1.82) is 0 Å². The molecule has 0 aliphatic heterocycles. The lowest BCUT2D eigenvalue weighted by atomic mass is 10.1. The molecule has 18 heavy (non-hydrogen) atoms. The molecule has 4 nitrogen and oxygen atoms in total. The molecular weight excluding hydrogens is 254 g/mol. The van der Waals surface area contributed by atoms with E-state index >= 15 is 0 Å². The predicted molar refractivity (Wildman–Crippen MR) is 69.9 cm³/mol. The summed E-state index contributed by atoms with van der Waals surface area (Å²) in [6, 6.07) is 6.30. The van der Waals surface area contributed by atoms with Gasteiger partial charge >= 0.3 is 5.97 Å². The molecular formula is C13H16ClNO3. The summed E-state index contributed by atoms with van der Waals surface area (Å²) in [7, 11) is 0. The van der Waals surface area contributed by atoms with E-state index in [-0.39, 0.29) is 18.4 Å². The zero-order valence-electron chi connectivity index (χ0n) is 10.4. The van der Waals surface area contributed by atoms with Crippen LogP contribution >= 0.6 is 11.6 Å². The first-order chi connectivity index (χ1) is 8.45. The highest BCUT2D eigenvalue weighted by atomic mass is 35.5. The number of rotatable bonds is 5. The van der Waals surface area contributed by atoms with Gasteiger partial charge in [0, 0.05) is 23.2 Å². The molecule has 0 fully saturated rings. The van der Waals surface area contributed by atoms with Gasteiger partial charge in [0.25, 0.3) is 5.91 Å². The predicted octanol–water partition coefficient (Wildman–Crippen LogP) is 2.67. The molecule has 0 radical (unpaired) electrons. The van der Waals surface area contributed by atoms with Gasteiger partial charge in [-0.25, -0.2) is 0 Å². The molecule has 1 atom stereocenters. The Balaban J connectivity index is 2.88. The van der Waals surface area contributed by atoms with Crippen molar-refractivity contribution >= 4 is 23.5 Å². The van der Waals surface area contributed by atoms with Gasteiger partial charge in [0.1, 0.15) is 0 Å². The summed E-state index contributed by atoms with van der Waals surface area (Å²) < 4.78 is 0. The van der Waals surface area contributed by atoms with E-state index in [0.717, 1.165) is 0 Å². The second kappa shape index (κ2) is 6.40. The largest absolute Gasteiger partial charge is 0.481 e. The topological polar surface area (TPSA) is 57.6 Å². The Morgan fingerprint density at radius 3 is 2.61 bits per heavy atom. The van der Waals surface area contributed by atoms with Crippen LogP contribution in [-0.4, -0.2) is 34.5 Å². The highest BCUT2D eigenvalue weighted by Gasteiger charge is 2.21. The quantitative estimate of drug-likeness (QED) is 0.894. The van der Waals surface area contributed by atoms with E-state index in [9.17, 15) is 9.59 Å². The molecule has 98 valence electrons. The number of hydrogen-bond donors (Lipinski definition) is 1. The summed E-state index contributed by atoms with van der Waals surface area (Å²) in [6.45, 7) is 4.00. The molecule has 0 bridgehead atoms. The molecule has 0 heterocycles. The minimum atomic E-state index is -0.917. The number of amides is 1. The molecule has 1 unspecified atom stereocenters. The van der Waals surface area contributed by atoms with Crippen molar-refractivity contribution in [3.63, 3.8) is 0 Å². The van der Waals surface area contributed by atoms with Gasteiger partial charge in [-0.3, -0.25) is 9.59 Å². The third-order valence-electron chi connectivity index (χ3n) is 2.68. The molecule has 0 aliphatic carbocycles. The van der Waals surface area contributed by atoms with Crippen molar-refractivity contribution in [3.05, 3.63) is 34.9 Å². The zero-order chi connectivity index (χ0) is 13.7. The number of carboxylic acids is 1. The molecule has 0 saturated carbocycles. The number of halogens is 1. The first-order valence-electron chi connectivity index (χ1n) is 5.74. The minimum absolute atomic E-state index is 0.0693. The maximum Gasteiger partial charge on any atom is 0.305 e. The van der Waals surface area contributed by atoms with Crippen LogP contribution in [0.1, 0.15) is 30.6 Å². The molecule has 5 heteroatoms. The average Bonchev–Trinajstić information content (AvgIpc) is 2.28. The van der Waals surface area contributed by atoms with Crippen LogP contribution in [-0.2, 0) is 4.79 Å². The smallest absolute Gasteiger partial charge is 0.305 e. The normalized spacial score (nSPS) is 11.9. The van der Waals surface area contributed by atoms with Crippen LogP contribution in [0.3, 0.4) is 0 Å². The maximum atomic E-state index is 12.2. The van der Waals surface area contributed by atoms with Gasteiger partial charge in [0.2, 0.25) is 0 Å². The number of carbonyl (C=O) groups excluding carboxylic acids is 1. The summed E-state index contributed by atoms with van der Waals surface area (Å²) in [5.74, 6) is -1.12. The number of hydrogen-bond acceptors (Lipinski definition) is 2. The van der Waals surface area contributed by atoms with Crippen LogP contribution in [0.2, 0.25) is 5.02 Å². The Labute approximate surface area is 111 Å². The summed E-state index contributed by atoms with van der Waals surface area (Å²) >= 11 is 5.84. The van der Waals surface area contributed by atoms with Crippen LogP contribution in [0.25, 0.3) is 0 Å². The lowest BCUT2D eigenvalue weighted by Crippen LogP contribution is -2.39. The zero-order valence-corrected chi connectivity index (χ0v) is 11.1. The Morgan fingerprint density at radius 2 is 2.11 bits per heavy atom. The summed E-state index contributed by atoms with van der Waals surface area (Å²) in [4.78, 5) is 24.4. The average molecular weight is 270 g/mol. The van der Waals surface area contributed by atoms with Gasteiger partial charge in [0.15, 0.2) is 0 Å². The lowest BCUT2D eigenvalue weighted by Gasteiger charge is -2.27. The van der Waals surface area contributed by atoms with Crippen molar-refractivity contribution in [2.75, 3.05) is 6.54 Å². The SMILES string of the molecule is CCN(C(=O)c1cccc(Cl)c1)C(C)CC(=O)O. The van der Waals surface area contributed by atoms with Crippen molar-refractivity contribution in [2.24, 2.45) is 0 Å². The van der Waals surface area contributed by atoms with E-state index in [4.69, 9.17) is 16.7 Å². The molecule has 0 spiro atoms. The van der Waals surface area contributed by atoms with Gasteiger partial charge in [-0.15, -0.1) is 0 Å². The third-order valence-corrected chi connectivity index (χ3v) is 2.91. The van der Waals surface area contributed by atoms with Crippen LogP contribution in [0, 0.1) is 0 Å². The van der Waals surface area contributed by atoms with Crippen molar-refractivity contribution in [2.45, 2.75) is 26.3 Å². The molecule has 1 N–H and O–H groups in total. The Bertz CT molecular complexity index is 448. The van der Waals surface area contributed by atoms with Crippen LogP contribution in [0.5, 0.6) is 0 Å². The number of carboxylic acid groups (broad SMARTS) is 1. The van der Waals surface area contributed by atoms with Crippen molar-refractivity contribution in [3.8, 4) is 0 Å². The van der Waals surface area contributed by atoms with Crippen LogP contribution < -0.4 is 0 Å². The first kappa shape index (κ1) is 14.5. The van der Waals surface area contributed by atoms with E-state index in [1.165, 1.54) is 4.90 Å². The molecule has 0 aliphatic rings. The Hall–Kier alpha value is -1.55. The van der Waals surface area contributed by atoms with E-state index in [2.05, 4.69) is 0 Å². The monoisotopic (exact) mass is 269 g/mol. The summed E-state index contributed by atoms with van der Waals surface area (Å²) in [6.07, 6.45) is -0.0693. The van der Waals surface area contributed by atoms with Gasteiger partial charge in [-0.05, 0) is 32.0 Å². The van der Waals surface area contributed by atoms with Gasteiger partial charge in [-0.2, -0.15) is 0 Å². The molecule has 1 aromatic rings. The fourth-order valence-corrected chi connectivity index (χ4v) is 2.00. The number of carbonyl (C=O) groups is 2. The number of aliphatic carboxylic acids is 1. The number of benzene rings is 1. The highest BCUT2D eigenvalue weighted by molar-refractivity contribution is 6.30. The van der Waals surface area contributed by atoms with E-state index in [1.807, 2.05) is 6.92 Å². The number of nitrogens with zero attached hydrogens (tertiary/aromatic N) is 1. The second-order valence-electron chi connectivity index (χ2n) is 4.05. The molecule has 0 aromatic heterocycles. The first-order valence-corrected chi connectivity index (χ1v) is 6.11. The molecule has 0 saturated heterocycles. The molecule has 1 amide bonds. The van der Waals surface area contributed by atoms with E-state index < -0.39 is 5.97 Å². The van der Waals surface area contributed by atoms with Crippen LogP contribution in [0.15, 0.2) is 24.3 Å². The van der Waals surface area contributed by atoms with E-state index in [1.54, 1.807) is 31.2 Å². The standard InChI is InChI=1S/C13H16ClNO3/c1-3-15(9(2)7-12(16)17)13(18)10-5-4-6-11(14)8-10/h4-6,8-9H,3,7H2,1-2H3,(H,16,17). The van der Waals surface area contributed by atoms with Gasteiger partial charge in [-0.1, -0.05) is 17.7 Å². The van der Waals surface area contributed by atoms with Crippen molar-refractivity contribution in [1.82, 2.24) is 4.90 Å². The van der Waals surface area contributed by atoms with Gasteiger partial charge in [0.05, 0.1) is 6.42 Å². The second-order valence-corrected chi connectivity index (χ2v) is 4.48. The molecule has 1 rings (SSSR count). The Kier molecular flexibility index (Phi) is 5.16. The highest BCUT2D eigenvalue weighted by Crippen LogP contribution is 2.15. The summed E-state index contributed by atoms with van der Waals surface area (Å²) in [5.41, 5.74) is 0.474. The lowest BCUT2D eigenvalue weighted by molar-refractivity contribution is -0.138. The molecule has 1 aromatic carbocycles. The third kappa shape index (κ3) is 3.74. The van der Waals surface area contributed by atoms with Crippen molar-refractivity contribution < 1.29 is 14.7 Å². The van der Waals surface area contributed by atoms with Gasteiger partial charge < -0.3 is 10.0 Å². The van der Waals surface area contributed by atoms with Crippen LogP contribution in [0.4, 0.5) is 0 Å². The summed E-state index contributed by atoms with van der Waals surface area (Å²) in [5, 5.41) is 9.25. The fraction of sp³-hybridized carbons (Fsp3) is 0.385. The fourth-order valence-electron chi connectivity index (χ4n) is 1.81. The Morgan fingerprint density at radius 1 is 1.44 bits per heavy atom. The maximum absolute atomic E-state index is 12.2.